The number of benzene rings is 2. The van der Waals surface area contributed by atoms with E-state index in [1.165, 1.54) is 6.07 Å². The Kier molecular flexibility index (Phi) is 3.51. The van der Waals surface area contributed by atoms with Crippen molar-refractivity contribution >= 4 is 0 Å². The molecule has 0 saturated heterocycles. The van der Waals surface area contributed by atoms with Crippen molar-refractivity contribution in [2.45, 2.75) is 18.9 Å². The van der Waals surface area contributed by atoms with E-state index in [1.807, 2.05) is 24.3 Å². The predicted octanol–water partition coefficient (Wildman–Crippen LogP) is 2.74. The molecule has 110 valence electrons. The Balaban J connectivity index is 1.95. The van der Waals surface area contributed by atoms with Crippen LogP contribution in [0.25, 0.3) is 0 Å². The average Bonchev–Trinajstić information content (AvgIpc) is 2.89. The Labute approximate surface area is 122 Å². The largest absolute Gasteiger partial charge is 0.388 e. The van der Waals surface area contributed by atoms with E-state index in [-0.39, 0.29) is 6.54 Å². The Hall–Kier alpha value is -1.78. The van der Waals surface area contributed by atoms with Crippen LogP contribution < -0.4 is 5.73 Å². The van der Waals surface area contributed by atoms with Gasteiger partial charge in [0.25, 0.3) is 0 Å². The van der Waals surface area contributed by atoms with Crippen molar-refractivity contribution in [2.75, 3.05) is 6.54 Å². The minimum Gasteiger partial charge on any atom is -0.388 e. The summed E-state index contributed by atoms with van der Waals surface area (Å²) in [6.45, 7) is 0.280. The molecule has 0 aromatic heterocycles. The zero-order valence-electron chi connectivity index (χ0n) is 11.5. The van der Waals surface area contributed by atoms with Crippen LogP contribution >= 0.6 is 0 Å². The zero-order valence-corrected chi connectivity index (χ0v) is 11.5. The first-order chi connectivity index (χ1) is 10.1. The van der Waals surface area contributed by atoms with Gasteiger partial charge in [0.05, 0.1) is 6.10 Å². The lowest BCUT2D eigenvalue weighted by Gasteiger charge is -2.33. The first kappa shape index (κ1) is 14.2. The van der Waals surface area contributed by atoms with Crippen molar-refractivity contribution in [3.05, 3.63) is 70.8 Å². The molecule has 1 aliphatic carbocycles. The molecule has 0 amide bonds. The van der Waals surface area contributed by atoms with Crippen LogP contribution in [0.3, 0.4) is 0 Å². The summed E-state index contributed by atoms with van der Waals surface area (Å²) in [6.07, 6.45) is 0.352. The minimum absolute atomic E-state index is 0.280. The quantitative estimate of drug-likeness (QED) is 0.912. The normalized spacial score (nSPS) is 17.5. The number of aliphatic hydroxyl groups is 1. The van der Waals surface area contributed by atoms with Gasteiger partial charge in [-0.2, -0.15) is 0 Å². The molecule has 0 heterocycles. The number of hydrogen-bond donors (Lipinski definition) is 2. The molecule has 1 aliphatic rings. The summed E-state index contributed by atoms with van der Waals surface area (Å²) in [5.74, 6) is -1.86. The smallest absolute Gasteiger partial charge is 0.159 e. The number of halogens is 2. The molecule has 4 heteroatoms. The second kappa shape index (κ2) is 5.20. The third-order valence-electron chi connectivity index (χ3n) is 4.45. The molecular weight excluding hydrogens is 272 g/mol. The number of rotatable bonds is 3. The van der Waals surface area contributed by atoms with Gasteiger partial charge in [0.2, 0.25) is 0 Å². The van der Waals surface area contributed by atoms with Gasteiger partial charge < -0.3 is 10.8 Å². The van der Waals surface area contributed by atoms with Crippen LogP contribution in [0, 0.1) is 17.0 Å². The molecule has 0 fully saturated rings. The average molecular weight is 289 g/mol. The molecule has 0 saturated carbocycles. The third-order valence-corrected chi connectivity index (χ3v) is 4.45. The van der Waals surface area contributed by atoms with Gasteiger partial charge in [-0.1, -0.05) is 30.3 Å². The van der Waals surface area contributed by atoms with Crippen molar-refractivity contribution in [3.63, 3.8) is 0 Å². The number of nitrogens with two attached hydrogens (primary N) is 1. The highest BCUT2D eigenvalue weighted by Gasteiger charge is 2.42. The van der Waals surface area contributed by atoms with Crippen LogP contribution in [0.15, 0.2) is 42.5 Å². The first-order valence-electron chi connectivity index (χ1n) is 6.95. The summed E-state index contributed by atoms with van der Waals surface area (Å²) in [6, 6.07) is 11.5. The maximum absolute atomic E-state index is 13.4. The predicted molar refractivity (Wildman–Crippen MR) is 76.7 cm³/mol. The highest BCUT2D eigenvalue weighted by Crippen LogP contribution is 2.45. The minimum atomic E-state index is -0.950. The molecule has 2 aromatic carbocycles. The molecule has 0 radical (unpaired) electrons. The Bertz CT molecular complexity index is 647. The first-order valence-corrected chi connectivity index (χ1v) is 6.95. The highest BCUT2D eigenvalue weighted by molar-refractivity contribution is 5.37. The van der Waals surface area contributed by atoms with Crippen LogP contribution in [0.2, 0.25) is 0 Å². The molecule has 21 heavy (non-hydrogen) atoms. The second-order valence-electron chi connectivity index (χ2n) is 5.76. The molecule has 3 N–H and O–H groups in total. The molecule has 2 nitrogen and oxygen atoms in total. The van der Waals surface area contributed by atoms with Crippen molar-refractivity contribution < 1.29 is 13.9 Å². The van der Waals surface area contributed by atoms with E-state index in [1.54, 1.807) is 0 Å². The fraction of sp³-hybridized carbons (Fsp3) is 0.294. The summed E-state index contributed by atoms with van der Waals surface area (Å²) < 4.78 is 26.5. The third kappa shape index (κ3) is 2.34. The highest BCUT2D eigenvalue weighted by atomic mass is 19.2. The topological polar surface area (TPSA) is 46.2 Å². The zero-order chi connectivity index (χ0) is 15.0. The fourth-order valence-electron chi connectivity index (χ4n) is 3.21. The molecule has 2 aromatic rings. The second-order valence-corrected chi connectivity index (χ2v) is 5.76. The molecule has 1 unspecified atom stereocenters. The Morgan fingerprint density at radius 1 is 1.05 bits per heavy atom. The fourth-order valence-corrected chi connectivity index (χ4v) is 3.21. The van der Waals surface area contributed by atoms with Crippen LogP contribution in [-0.2, 0) is 12.8 Å². The number of hydrogen-bond acceptors (Lipinski definition) is 2. The van der Waals surface area contributed by atoms with E-state index < -0.39 is 23.2 Å². The monoisotopic (exact) mass is 289 g/mol. The van der Waals surface area contributed by atoms with Crippen LogP contribution in [0.4, 0.5) is 8.78 Å². The van der Waals surface area contributed by atoms with Gasteiger partial charge in [-0.15, -0.1) is 0 Å². The Morgan fingerprint density at radius 2 is 1.67 bits per heavy atom. The van der Waals surface area contributed by atoms with E-state index in [0.717, 1.165) is 23.3 Å². The summed E-state index contributed by atoms with van der Waals surface area (Å²) in [7, 11) is 0. The van der Waals surface area contributed by atoms with Gasteiger partial charge in [-0.3, -0.25) is 0 Å². The van der Waals surface area contributed by atoms with Crippen molar-refractivity contribution in [3.8, 4) is 0 Å². The van der Waals surface area contributed by atoms with Gasteiger partial charge in [0, 0.05) is 12.0 Å². The lowest BCUT2D eigenvalue weighted by Crippen LogP contribution is -2.37. The standard InChI is InChI=1S/C17H17F2NO/c18-14-6-5-11(7-15(14)19)16(21)17(10-20)8-12-3-1-2-4-13(12)9-17/h1-7,16,21H,8-10,20H2. The van der Waals surface area contributed by atoms with Crippen LogP contribution in [0.1, 0.15) is 22.8 Å². The van der Waals surface area contributed by atoms with Crippen molar-refractivity contribution in [1.29, 1.82) is 0 Å². The molecular formula is C17H17F2NO. The summed E-state index contributed by atoms with van der Waals surface area (Å²) in [5, 5.41) is 10.7. The maximum atomic E-state index is 13.4. The van der Waals surface area contributed by atoms with E-state index in [0.29, 0.717) is 18.4 Å². The van der Waals surface area contributed by atoms with Crippen LogP contribution in [-0.4, -0.2) is 11.7 Å². The molecule has 0 aliphatic heterocycles. The molecule has 0 spiro atoms. The number of fused-ring (bicyclic) bond motifs is 1. The van der Waals surface area contributed by atoms with Gasteiger partial charge in [0.1, 0.15) is 0 Å². The van der Waals surface area contributed by atoms with Crippen molar-refractivity contribution in [1.82, 2.24) is 0 Å². The maximum Gasteiger partial charge on any atom is 0.159 e. The van der Waals surface area contributed by atoms with E-state index in [9.17, 15) is 13.9 Å². The lowest BCUT2D eigenvalue weighted by molar-refractivity contribution is 0.0355. The van der Waals surface area contributed by atoms with E-state index in [4.69, 9.17) is 5.73 Å². The van der Waals surface area contributed by atoms with Gasteiger partial charge in [-0.25, -0.2) is 8.78 Å². The summed E-state index contributed by atoms with van der Waals surface area (Å²) in [4.78, 5) is 0. The number of aliphatic hydroxyl groups excluding tert-OH is 1. The SMILES string of the molecule is NCC1(C(O)c2ccc(F)c(F)c2)Cc2ccccc2C1. The summed E-state index contributed by atoms with van der Waals surface area (Å²) >= 11 is 0. The van der Waals surface area contributed by atoms with Gasteiger partial charge >= 0.3 is 0 Å². The van der Waals surface area contributed by atoms with E-state index in [2.05, 4.69) is 0 Å². The summed E-state index contributed by atoms with van der Waals surface area (Å²) in [5.41, 5.74) is 8.05. The Morgan fingerprint density at radius 3 is 2.19 bits per heavy atom. The molecule has 1 atom stereocenters. The molecule has 0 bridgehead atoms. The van der Waals surface area contributed by atoms with Crippen LogP contribution in [0.5, 0.6) is 0 Å². The van der Waals surface area contributed by atoms with E-state index >= 15 is 0 Å². The lowest BCUT2D eigenvalue weighted by atomic mass is 9.76. The molecule has 3 rings (SSSR count). The van der Waals surface area contributed by atoms with Gasteiger partial charge in [-0.05, 0) is 41.7 Å². The van der Waals surface area contributed by atoms with Gasteiger partial charge in [0.15, 0.2) is 11.6 Å². The van der Waals surface area contributed by atoms with Crippen molar-refractivity contribution in [2.24, 2.45) is 11.1 Å².